The van der Waals surface area contributed by atoms with Crippen LogP contribution in [0.1, 0.15) is 32.3 Å². The molecule has 110 valence electrons. The molecule has 4 heteroatoms. The minimum absolute atomic E-state index is 0.114. The summed E-state index contributed by atoms with van der Waals surface area (Å²) in [5.41, 5.74) is 9.05. The average Bonchev–Trinajstić information content (AvgIpc) is 2.93. The predicted octanol–water partition coefficient (Wildman–Crippen LogP) is 2.52. The van der Waals surface area contributed by atoms with Crippen molar-refractivity contribution < 1.29 is 4.79 Å². The number of hydrogen-bond acceptors (Lipinski definition) is 3. The minimum atomic E-state index is -0.465. The summed E-state index contributed by atoms with van der Waals surface area (Å²) in [7, 11) is 0. The summed E-state index contributed by atoms with van der Waals surface area (Å²) in [4.78, 5) is 14.4. The van der Waals surface area contributed by atoms with Crippen LogP contribution in [-0.2, 0) is 4.79 Å². The second-order valence-electron chi connectivity index (χ2n) is 5.95. The van der Waals surface area contributed by atoms with Crippen LogP contribution in [0.4, 0.5) is 11.4 Å². The largest absolute Gasteiger partial charge is 0.372 e. The van der Waals surface area contributed by atoms with Crippen molar-refractivity contribution in [2.75, 3.05) is 23.3 Å². The number of nitrogens with two attached hydrogens (primary N) is 1. The van der Waals surface area contributed by atoms with Gasteiger partial charge in [0, 0.05) is 24.5 Å². The van der Waals surface area contributed by atoms with E-state index in [0.29, 0.717) is 0 Å². The van der Waals surface area contributed by atoms with Crippen LogP contribution in [0.15, 0.2) is 18.2 Å². The van der Waals surface area contributed by atoms with Crippen LogP contribution < -0.4 is 16.0 Å². The zero-order valence-corrected chi connectivity index (χ0v) is 12.6. The van der Waals surface area contributed by atoms with Gasteiger partial charge in [0.15, 0.2) is 0 Å². The number of aryl methyl sites for hydroxylation is 1. The fourth-order valence-corrected chi connectivity index (χ4v) is 2.48. The lowest BCUT2D eigenvalue weighted by atomic mass is 10.0. The molecule has 1 amide bonds. The van der Waals surface area contributed by atoms with Gasteiger partial charge in [0.2, 0.25) is 5.91 Å². The van der Waals surface area contributed by atoms with E-state index in [1.54, 1.807) is 0 Å². The molecule has 0 radical (unpaired) electrons. The maximum Gasteiger partial charge on any atom is 0.241 e. The van der Waals surface area contributed by atoms with Gasteiger partial charge in [-0.05, 0) is 49.4 Å². The molecule has 0 unspecified atom stereocenters. The zero-order chi connectivity index (χ0) is 14.7. The van der Waals surface area contributed by atoms with E-state index in [-0.39, 0.29) is 11.8 Å². The highest BCUT2D eigenvalue weighted by atomic mass is 16.2. The van der Waals surface area contributed by atoms with E-state index in [0.717, 1.165) is 24.3 Å². The first kappa shape index (κ1) is 14.9. The van der Waals surface area contributed by atoms with Crippen molar-refractivity contribution in [3.05, 3.63) is 23.8 Å². The van der Waals surface area contributed by atoms with Gasteiger partial charge in [-0.2, -0.15) is 0 Å². The van der Waals surface area contributed by atoms with Gasteiger partial charge in [0.25, 0.3) is 0 Å². The summed E-state index contributed by atoms with van der Waals surface area (Å²) < 4.78 is 0. The lowest BCUT2D eigenvalue weighted by Crippen LogP contribution is -2.39. The smallest absolute Gasteiger partial charge is 0.241 e. The van der Waals surface area contributed by atoms with Gasteiger partial charge >= 0.3 is 0 Å². The van der Waals surface area contributed by atoms with Gasteiger partial charge in [0.05, 0.1) is 6.04 Å². The Bertz CT molecular complexity index is 479. The quantitative estimate of drug-likeness (QED) is 0.887. The highest BCUT2D eigenvalue weighted by molar-refractivity contribution is 5.95. The van der Waals surface area contributed by atoms with Crippen molar-refractivity contribution >= 4 is 17.3 Å². The molecular formula is C16H25N3O. The third kappa shape index (κ3) is 3.31. The standard InChI is InChI=1S/C16H25N3O/c1-11(2)15(17)16(20)18-14-7-6-13(10-12(14)3)19-8-4-5-9-19/h6-7,10-11,15H,4-5,8-9,17H2,1-3H3,(H,18,20)/t15-/m0/s1. The van der Waals surface area contributed by atoms with E-state index >= 15 is 0 Å². The molecule has 1 aromatic rings. The molecule has 1 fully saturated rings. The third-order valence-corrected chi connectivity index (χ3v) is 3.96. The van der Waals surface area contributed by atoms with Gasteiger partial charge in [0.1, 0.15) is 0 Å². The van der Waals surface area contributed by atoms with E-state index in [1.807, 2.05) is 26.8 Å². The molecule has 0 bridgehead atoms. The molecule has 1 heterocycles. The number of hydrogen-bond donors (Lipinski definition) is 2. The molecule has 1 aromatic carbocycles. The molecule has 4 nitrogen and oxygen atoms in total. The third-order valence-electron chi connectivity index (χ3n) is 3.96. The first-order valence-electron chi connectivity index (χ1n) is 7.41. The number of amides is 1. The molecule has 0 aliphatic carbocycles. The SMILES string of the molecule is Cc1cc(N2CCCC2)ccc1NC(=O)[C@@H](N)C(C)C. The topological polar surface area (TPSA) is 58.4 Å². The molecule has 3 N–H and O–H groups in total. The lowest BCUT2D eigenvalue weighted by Gasteiger charge is -2.20. The van der Waals surface area contributed by atoms with Gasteiger partial charge in [-0.15, -0.1) is 0 Å². The minimum Gasteiger partial charge on any atom is -0.372 e. The maximum atomic E-state index is 12.0. The fourth-order valence-electron chi connectivity index (χ4n) is 2.48. The second-order valence-corrected chi connectivity index (χ2v) is 5.95. The van der Waals surface area contributed by atoms with Crippen LogP contribution in [0.2, 0.25) is 0 Å². The molecule has 1 atom stereocenters. The Morgan fingerprint density at radius 3 is 2.50 bits per heavy atom. The lowest BCUT2D eigenvalue weighted by molar-refractivity contribution is -0.118. The Kier molecular flexibility index (Phi) is 4.65. The van der Waals surface area contributed by atoms with Crippen LogP contribution in [-0.4, -0.2) is 25.0 Å². The summed E-state index contributed by atoms with van der Waals surface area (Å²) in [6.45, 7) is 8.18. The molecule has 0 spiro atoms. The fraction of sp³-hybridized carbons (Fsp3) is 0.562. The van der Waals surface area contributed by atoms with Crippen LogP contribution in [0.5, 0.6) is 0 Å². The van der Waals surface area contributed by atoms with Crippen molar-refractivity contribution in [3.63, 3.8) is 0 Å². The monoisotopic (exact) mass is 275 g/mol. The number of carbonyl (C=O) groups excluding carboxylic acids is 1. The summed E-state index contributed by atoms with van der Waals surface area (Å²) in [6, 6.07) is 5.73. The number of nitrogens with one attached hydrogen (secondary N) is 1. The Labute approximate surface area is 121 Å². The molecule has 20 heavy (non-hydrogen) atoms. The molecule has 1 saturated heterocycles. The highest BCUT2D eigenvalue weighted by Crippen LogP contribution is 2.25. The molecule has 0 saturated carbocycles. The van der Waals surface area contributed by atoms with Crippen molar-refractivity contribution in [1.82, 2.24) is 0 Å². The van der Waals surface area contributed by atoms with E-state index in [4.69, 9.17) is 5.73 Å². The van der Waals surface area contributed by atoms with Gasteiger partial charge < -0.3 is 16.0 Å². The molecule has 1 aliphatic rings. The Morgan fingerprint density at radius 2 is 1.95 bits per heavy atom. The van der Waals surface area contributed by atoms with Gasteiger partial charge in [-0.25, -0.2) is 0 Å². The summed E-state index contributed by atoms with van der Waals surface area (Å²) >= 11 is 0. The molecule has 0 aromatic heterocycles. The van der Waals surface area contributed by atoms with Crippen LogP contribution in [0, 0.1) is 12.8 Å². The van der Waals surface area contributed by atoms with E-state index in [9.17, 15) is 4.79 Å². The highest BCUT2D eigenvalue weighted by Gasteiger charge is 2.18. The zero-order valence-electron chi connectivity index (χ0n) is 12.6. The number of nitrogens with zero attached hydrogens (tertiary/aromatic N) is 1. The van der Waals surface area contributed by atoms with Crippen LogP contribution in [0.25, 0.3) is 0 Å². The normalized spacial score (nSPS) is 16.6. The molecular weight excluding hydrogens is 250 g/mol. The van der Waals surface area contributed by atoms with Crippen molar-refractivity contribution in [3.8, 4) is 0 Å². The number of rotatable bonds is 4. The number of anilines is 2. The Hall–Kier alpha value is -1.55. The summed E-state index contributed by atoms with van der Waals surface area (Å²) in [5.74, 6) is 0.0243. The van der Waals surface area contributed by atoms with Crippen LogP contribution in [0.3, 0.4) is 0 Å². The summed E-state index contributed by atoms with van der Waals surface area (Å²) in [6.07, 6.45) is 2.53. The summed E-state index contributed by atoms with van der Waals surface area (Å²) in [5, 5.41) is 2.93. The number of carbonyl (C=O) groups is 1. The average molecular weight is 275 g/mol. The van der Waals surface area contributed by atoms with Gasteiger partial charge in [-0.1, -0.05) is 13.8 Å². The second kappa shape index (κ2) is 6.27. The van der Waals surface area contributed by atoms with Gasteiger partial charge in [-0.3, -0.25) is 4.79 Å². The number of benzene rings is 1. The first-order chi connectivity index (χ1) is 9.49. The van der Waals surface area contributed by atoms with Crippen molar-refractivity contribution in [2.45, 2.75) is 39.7 Å². The van der Waals surface area contributed by atoms with E-state index in [1.165, 1.54) is 18.5 Å². The first-order valence-corrected chi connectivity index (χ1v) is 7.41. The van der Waals surface area contributed by atoms with Crippen molar-refractivity contribution in [1.29, 1.82) is 0 Å². The van der Waals surface area contributed by atoms with E-state index in [2.05, 4.69) is 22.3 Å². The predicted molar refractivity (Wildman–Crippen MR) is 84.1 cm³/mol. The molecule has 2 rings (SSSR count). The Balaban J connectivity index is 2.08. The Morgan fingerprint density at radius 1 is 1.30 bits per heavy atom. The van der Waals surface area contributed by atoms with Crippen LogP contribution >= 0.6 is 0 Å². The van der Waals surface area contributed by atoms with E-state index < -0.39 is 6.04 Å². The molecule has 1 aliphatic heterocycles. The maximum absolute atomic E-state index is 12.0. The van der Waals surface area contributed by atoms with Crippen molar-refractivity contribution in [2.24, 2.45) is 11.7 Å².